The molecule has 0 saturated carbocycles. The van der Waals surface area contributed by atoms with Crippen molar-refractivity contribution in [2.24, 2.45) is 4.99 Å². The van der Waals surface area contributed by atoms with Gasteiger partial charge in [-0.15, -0.1) is 0 Å². The number of thioether (sulfide) groups is 1. The van der Waals surface area contributed by atoms with Crippen LogP contribution >= 0.6 is 11.8 Å². The summed E-state index contributed by atoms with van der Waals surface area (Å²) in [6.07, 6.45) is -1.63. The van der Waals surface area contributed by atoms with Crippen LogP contribution in [0.25, 0.3) is 0 Å². The van der Waals surface area contributed by atoms with Crippen LogP contribution in [0.2, 0.25) is 0 Å². The van der Waals surface area contributed by atoms with E-state index in [0.717, 1.165) is 16.4 Å². The lowest BCUT2D eigenvalue weighted by Gasteiger charge is -2.32. The molecule has 1 spiro atoms. The Bertz CT molecular complexity index is 957. The van der Waals surface area contributed by atoms with Gasteiger partial charge in [-0.2, -0.15) is 0 Å². The molecule has 7 heteroatoms. The molecule has 0 radical (unpaired) electrons. The largest absolute Gasteiger partial charge is 0.443 e. The van der Waals surface area contributed by atoms with Crippen LogP contribution in [0.15, 0.2) is 59.6 Å². The predicted molar refractivity (Wildman–Crippen MR) is 118 cm³/mol. The number of hydrogen-bond acceptors (Lipinski definition) is 6. The van der Waals surface area contributed by atoms with Gasteiger partial charge < -0.3 is 14.7 Å². The third kappa shape index (κ3) is 3.38. The Morgan fingerprint density at radius 3 is 2.55 bits per heavy atom. The van der Waals surface area contributed by atoms with Crippen LogP contribution in [-0.4, -0.2) is 41.8 Å². The van der Waals surface area contributed by atoms with Crippen molar-refractivity contribution < 1.29 is 14.6 Å². The lowest BCUT2D eigenvalue weighted by molar-refractivity contribution is 0.0453. The zero-order valence-corrected chi connectivity index (χ0v) is 17.8. The van der Waals surface area contributed by atoms with E-state index in [1.165, 1.54) is 16.7 Å². The van der Waals surface area contributed by atoms with E-state index in [1.54, 1.807) is 0 Å². The van der Waals surface area contributed by atoms with Gasteiger partial charge in [0.25, 0.3) is 0 Å². The van der Waals surface area contributed by atoms with Gasteiger partial charge in [-0.05, 0) is 44.5 Å². The van der Waals surface area contributed by atoms with Gasteiger partial charge in [-0.3, -0.25) is 4.99 Å². The number of nitrogens with zero attached hydrogens (tertiary/aromatic N) is 3. The van der Waals surface area contributed by atoms with Gasteiger partial charge in [-0.1, -0.05) is 48.2 Å². The minimum absolute atomic E-state index is 0.377. The van der Waals surface area contributed by atoms with Crippen molar-refractivity contribution >= 4 is 34.4 Å². The highest BCUT2D eigenvalue weighted by atomic mass is 32.2. The van der Waals surface area contributed by atoms with Crippen LogP contribution < -0.4 is 9.80 Å². The lowest BCUT2D eigenvalue weighted by Crippen LogP contribution is -2.48. The Morgan fingerprint density at radius 2 is 1.86 bits per heavy atom. The highest BCUT2D eigenvalue weighted by molar-refractivity contribution is 8.15. The summed E-state index contributed by atoms with van der Waals surface area (Å²) in [7, 11) is 1.96. The standard InChI is InChI=1S/C22H25N3O3S/c1-21(2,3)28-20(27)25-17-13-9-8-12-16(17)22(18(25)26)14-23-19(29-22)24(4)15-10-6-5-7-11-15/h5-13,18,26H,14H2,1-4H3/t18-,22+/m1/s1. The number of anilines is 2. The molecule has 2 heterocycles. The smallest absolute Gasteiger partial charge is 0.417 e. The van der Waals surface area contributed by atoms with Crippen LogP contribution in [-0.2, 0) is 9.48 Å². The Kier molecular flexibility index (Phi) is 4.83. The first-order chi connectivity index (χ1) is 13.7. The third-order valence-electron chi connectivity index (χ3n) is 5.02. The number of carbonyl (C=O) groups is 1. The van der Waals surface area contributed by atoms with Gasteiger partial charge in [0.15, 0.2) is 11.4 Å². The second-order valence-corrected chi connectivity index (χ2v) is 9.52. The lowest BCUT2D eigenvalue weighted by atomic mass is 9.99. The fourth-order valence-corrected chi connectivity index (χ4v) is 4.97. The number of ether oxygens (including phenoxy) is 1. The molecule has 0 bridgehead atoms. The van der Waals surface area contributed by atoms with E-state index >= 15 is 0 Å². The highest BCUT2D eigenvalue weighted by Crippen LogP contribution is 2.55. The van der Waals surface area contributed by atoms with Crippen LogP contribution in [0.4, 0.5) is 16.2 Å². The summed E-state index contributed by atoms with van der Waals surface area (Å²) >= 11 is 1.49. The number of aliphatic hydroxyl groups is 1. The molecule has 0 saturated heterocycles. The molecule has 2 aromatic carbocycles. The number of hydrogen-bond donors (Lipinski definition) is 1. The molecular weight excluding hydrogens is 386 g/mol. The number of amidine groups is 1. The molecule has 2 atom stereocenters. The fraction of sp³-hybridized carbons (Fsp3) is 0.364. The van der Waals surface area contributed by atoms with E-state index in [2.05, 4.69) is 0 Å². The maximum absolute atomic E-state index is 12.9. The summed E-state index contributed by atoms with van der Waals surface area (Å²) < 4.78 is 4.81. The number of aliphatic hydroxyl groups excluding tert-OH is 1. The topological polar surface area (TPSA) is 65.4 Å². The normalized spacial score (nSPS) is 23.1. The average molecular weight is 412 g/mol. The summed E-state index contributed by atoms with van der Waals surface area (Å²) in [6, 6.07) is 17.5. The van der Waals surface area contributed by atoms with Gasteiger partial charge in [0.1, 0.15) is 10.3 Å². The summed E-state index contributed by atoms with van der Waals surface area (Å²) in [5.74, 6) is 0. The van der Waals surface area contributed by atoms with E-state index in [9.17, 15) is 9.90 Å². The van der Waals surface area contributed by atoms with Crippen molar-refractivity contribution in [3.63, 3.8) is 0 Å². The minimum atomic E-state index is -1.08. The molecule has 4 rings (SSSR count). The molecule has 2 aromatic rings. The number of rotatable bonds is 1. The van der Waals surface area contributed by atoms with Crippen LogP contribution in [0.5, 0.6) is 0 Å². The molecule has 2 aliphatic rings. The van der Waals surface area contributed by atoms with E-state index in [-0.39, 0.29) is 0 Å². The van der Waals surface area contributed by atoms with Crippen molar-refractivity contribution in [2.45, 2.75) is 37.3 Å². The second-order valence-electron chi connectivity index (χ2n) is 8.23. The summed E-state index contributed by atoms with van der Waals surface area (Å²) in [5, 5.41) is 12.1. The molecule has 6 nitrogen and oxygen atoms in total. The predicted octanol–water partition coefficient (Wildman–Crippen LogP) is 4.19. The molecule has 1 N–H and O–H groups in total. The number of amides is 1. The Balaban J connectivity index is 1.66. The summed E-state index contributed by atoms with van der Waals surface area (Å²) in [6.45, 7) is 5.82. The van der Waals surface area contributed by atoms with E-state index in [1.807, 2.05) is 87.3 Å². The van der Waals surface area contributed by atoms with Gasteiger partial charge in [0.05, 0.1) is 12.2 Å². The third-order valence-corrected chi connectivity index (χ3v) is 6.53. The Labute approximate surface area is 175 Å². The van der Waals surface area contributed by atoms with Crippen molar-refractivity contribution in [1.82, 2.24) is 0 Å². The Morgan fingerprint density at radius 1 is 1.21 bits per heavy atom. The van der Waals surface area contributed by atoms with Crippen LogP contribution in [0.1, 0.15) is 26.3 Å². The average Bonchev–Trinajstić information content (AvgIpc) is 3.23. The molecule has 29 heavy (non-hydrogen) atoms. The zero-order valence-electron chi connectivity index (χ0n) is 17.0. The second kappa shape index (κ2) is 7.07. The quantitative estimate of drug-likeness (QED) is 0.762. The van der Waals surface area contributed by atoms with Crippen molar-refractivity contribution in [3.05, 3.63) is 60.2 Å². The van der Waals surface area contributed by atoms with Crippen LogP contribution in [0.3, 0.4) is 0 Å². The van der Waals surface area contributed by atoms with Gasteiger partial charge in [0.2, 0.25) is 0 Å². The first kappa shape index (κ1) is 19.8. The molecule has 0 fully saturated rings. The molecule has 0 aromatic heterocycles. The minimum Gasteiger partial charge on any atom is -0.443 e. The number of benzene rings is 2. The molecule has 2 aliphatic heterocycles. The number of para-hydroxylation sites is 2. The van der Waals surface area contributed by atoms with E-state index in [4.69, 9.17) is 9.73 Å². The molecule has 0 unspecified atom stereocenters. The number of aliphatic imine (C=N–C) groups is 1. The van der Waals surface area contributed by atoms with E-state index in [0.29, 0.717) is 12.2 Å². The highest BCUT2D eigenvalue weighted by Gasteiger charge is 2.57. The van der Waals surface area contributed by atoms with Crippen LogP contribution in [0, 0.1) is 0 Å². The molecule has 0 aliphatic carbocycles. The fourth-order valence-electron chi connectivity index (χ4n) is 3.65. The SMILES string of the molecule is CN(C1=NC[C@]2(S1)c1ccccc1N(C(=O)OC(C)(C)C)[C@@H]2O)c1ccccc1. The first-order valence-corrected chi connectivity index (χ1v) is 10.4. The van der Waals surface area contributed by atoms with Gasteiger partial charge >= 0.3 is 6.09 Å². The molecule has 152 valence electrons. The van der Waals surface area contributed by atoms with E-state index < -0.39 is 22.7 Å². The molecule has 1 amide bonds. The summed E-state index contributed by atoms with van der Waals surface area (Å²) in [4.78, 5) is 21.0. The van der Waals surface area contributed by atoms with Gasteiger partial charge in [0, 0.05) is 12.7 Å². The van der Waals surface area contributed by atoms with Crippen molar-refractivity contribution in [3.8, 4) is 0 Å². The van der Waals surface area contributed by atoms with Crippen molar-refractivity contribution in [1.29, 1.82) is 0 Å². The van der Waals surface area contributed by atoms with Gasteiger partial charge in [-0.25, -0.2) is 9.69 Å². The molecular formula is C22H25N3O3S. The first-order valence-electron chi connectivity index (χ1n) is 9.55. The monoisotopic (exact) mass is 411 g/mol. The zero-order chi connectivity index (χ0) is 20.8. The summed E-state index contributed by atoms with van der Waals surface area (Å²) in [5.41, 5.74) is 1.92. The Hall–Kier alpha value is -2.51. The van der Waals surface area contributed by atoms with Crippen molar-refractivity contribution in [2.75, 3.05) is 23.4 Å². The maximum atomic E-state index is 12.9. The maximum Gasteiger partial charge on any atom is 0.417 e. The number of carbonyl (C=O) groups excluding carboxylic acids is 1. The number of fused-ring (bicyclic) bond motifs is 2.